The molecular formula is C17H17F3N2O. The fourth-order valence-electron chi connectivity index (χ4n) is 2.12. The van der Waals surface area contributed by atoms with Gasteiger partial charge in [0.15, 0.2) is 11.6 Å². The van der Waals surface area contributed by atoms with Crippen molar-refractivity contribution in [1.29, 1.82) is 0 Å². The van der Waals surface area contributed by atoms with Crippen molar-refractivity contribution in [3.05, 3.63) is 71.0 Å². The smallest absolute Gasteiger partial charge is 0.315 e. The van der Waals surface area contributed by atoms with Gasteiger partial charge >= 0.3 is 6.03 Å². The van der Waals surface area contributed by atoms with Gasteiger partial charge in [-0.1, -0.05) is 24.3 Å². The van der Waals surface area contributed by atoms with E-state index in [1.54, 1.807) is 25.1 Å². The van der Waals surface area contributed by atoms with Gasteiger partial charge in [0, 0.05) is 6.54 Å². The molecule has 0 bridgehead atoms. The number of nitrogens with one attached hydrogen (secondary N) is 2. The van der Waals surface area contributed by atoms with Crippen LogP contribution < -0.4 is 10.6 Å². The molecule has 0 aliphatic rings. The van der Waals surface area contributed by atoms with Gasteiger partial charge in [-0.3, -0.25) is 0 Å². The van der Waals surface area contributed by atoms with Crippen molar-refractivity contribution in [1.82, 2.24) is 10.6 Å². The highest BCUT2D eigenvalue weighted by Crippen LogP contribution is 2.15. The molecule has 2 aromatic carbocycles. The first-order chi connectivity index (χ1) is 11.0. The highest BCUT2D eigenvalue weighted by Gasteiger charge is 2.12. The minimum absolute atomic E-state index is 0.261. The molecule has 0 spiro atoms. The zero-order valence-corrected chi connectivity index (χ0v) is 12.6. The molecule has 2 amide bonds. The molecule has 0 aliphatic heterocycles. The van der Waals surface area contributed by atoms with Crippen LogP contribution in [0.2, 0.25) is 0 Å². The maximum Gasteiger partial charge on any atom is 0.315 e. The van der Waals surface area contributed by atoms with Gasteiger partial charge in [0.25, 0.3) is 0 Å². The maximum absolute atomic E-state index is 13.4. The monoisotopic (exact) mass is 322 g/mol. The molecule has 0 aromatic heterocycles. The number of hydrogen-bond acceptors (Lipinski definition) is 1. The highest BCUT2D eigenvalue weighted by molar-refractivity contribution is 5.74. The Bertz CT molecular complexity index is 691. The summed E-state index contributed by atoms with van der Waals surface area (Å²) in [6.45, 7) is 1.92. The Morgan fingerprint density at radius 2 is 1.78 bits per heavy atom. The van der Waals surface area contributed by atoms with Crippen LogP contribution >= 0.6 is 0 Å². The third-order valence-corrected chi connectivity index (χ3v) is 3.43. The number of amides is 2. The van der Waals surface area contributed by atoms with E-state index in [0.717, 1.165) is 12.1 Å². The number of hydrogen-bond donors (Lipinski definition) is 2. The zero-order chi connectivity index (χ0) is 16.8. The molecule has 0 aliphatic carbocycles. The standard InChI is InChI=1S/C17H17F3N2O/c1-11(13-6-7-15(19)16(20)10-13)22-17(23)21-9-8-12-4-2-3-5-14(12)18/h2-7,10-11H,8-9H2,1H3,(H2,21,22,23). The first-order valence-electron chi connectivity index (χ1n) is 7.20. The van der Waals surface area contributed by atoms with E-state index >= 15 is 0 Å². The lowest BCUT2D eigenvalue weighted by Gasteiger charge is -2.15. The van der Waals surface area contributed by atoms with E-state index in [9.17, 15) is 18.0 Å². The Hall–Kier alpha value is -2.50. The predicted molar refractivity (Wildman–Crippen MR) is 81.4 cm³/mol. The second kappa shape index (κ2) is 7.67. The van der Waals surface area contributed by atoms with Crippen molar-refractivity contribution in [2.24, 2.45) is 0 Å². The lowest BCUT2D eigenvalue weighted by atomic mass is 10.1. The van der Waals surface area contributed by atoms with Crippen molar-refractivity contribution in [2.45, 2.75) is 19.4 Å². The van der Waals surface area contributed by atoms with E-state index in [4.69, 9.17) is 0 Å². The van der Waals surface area contributed by atoms with Gasteiger partial charge in [0.05, 0.1) is 6.04 Å². The fourth-order valence-corrected chi connectivity index (χ4v) is 2.12. The Labute approximate surface area is 132 Å². The molecule has 122 valence electrons. The molecule has 2 aromatic rings. The molecule has 1 unspecified atom stereocenters. The zero-order valence-electron chi connectivity index (χ0n) is 12.6. The second-order valence-corrected chi connectivity index (χ2v) is 5.14. The van der Waals surface area contributed by atoms with Crippen LogP contribution in [-0.4, -0.2) is 12.6 Å². The van der Waals surface area contributed by atoms with E-state index in [1.807, 2.05) is 0 Å². The first-order valence-corrected chi connectivity index (χ1v) is 7.20. The average Bonchev–Trinajstić information content (AvgIpc) is 2.51. The topological polar surface area (TPSA) is 41.1 Å². The highest BCUT2D eigenvalue weighted by atomic mass is 19.2. The van der Waals surface area contributed by atoms with Gasteiger partial charge in [0.1, 0.15) is 5.82 Å². The third kappa shape index (κ3) is 4.74. The van der Waals surface area contributed by atoms with Crippen molar-refractivity contribution in [3.63, 3.8) is 0 Å². The van der Waals surface area contributed by atoms with Gasteiger partial charge < -0.3 is 10.6 Å². The maximum atomic E-state index is 13.4. The summed E-state index contributed by atoms with van der Waals surface area (Å²) in [6, 6.07) is 8.85. The van der Waals surface area contributed by atoms with Crippen LogP contribution in [0.1, 0.15) is 24.1 Å². The second-order valence-electron chi connectivity index (χ2n) is 5.14. The van der Waals surface area contributed by atoms with Crippen LogP contribution in [0, 0.1) is 17.5 Å². The summed E-state index contributed by atoms with van der Waals surface area (Å²) in [4.78, 5) is 11.8. The molecule has 0 saturated heterocycles. The van der Waals surface area contributed by atoms with E-state index < -0.39 is 23.7 Å². The number of carbonyl (C=O) groups excluding carboxylic acids is 1. The Morgan fingerprint density at radius 3 is 2.48 bits per heavy atom. The van der Waals surface area contributed by atoms with Crippen LogP contribution in [0.15, 0.2) is 42.5 Å². The summed E-state index contributed by atoms with van der Waals surface area (Å²) < 4.78 is 39.5. The van der Waals surface area contributed by atoms with E-state index in [1.165, 1.54) is 12.1 Å². The molecule has 0 saturated carbocycles. The molecule has 2 rings (SSSR count). The van der Waals surface area contributed by atoms with Crippen LogP contribution in [0.4, 0.5) is 18.0 Å². The summed E-state index contributed by atoms with van der Waals surface area (Å²) in [5.74, 6) is -2.21. The largest absolute Gasteiger partial charge is 0.338 e. The van der Waals surface area contributed by atoms with Gasteiger partial charge in [0.2, 0.25) is 0 Å². The summed E-state index contributed by atoms with van der Waals surface area (Å²) in [5.41, 5.74) is 0.967. The van der Waals surface area contributed by atoms with E-state index in [-0.39, 0.29) is 12.4 Å². The minimum Gasteiger partial charge on any atom is -0.338 e. The van der Waals surface area contributed by atoms with Gasteiger partial charge in [-0.05, 0) is 42.7 Å². The molecule has 3 nitrogen and oxygen atoms in total. The molecule has 0 fully saturated rings. The number of carbonyl (C=O) groups is 1. The van der Waals surface area contributed by atoms with Crippen LogP contribution in [0.25, 0.3) is 0 Å². The van der Waals surface area contributed by atoms with Crippen molar-refractivity contribution >= 4 is 6.03 Å². The number of rotatable bonds is 5. The Kier molecular flexibility index (Phi) is 5.62. The first kappa shape index (κ1) is 16.9. The average molecular weight is 322 g/mol. The van der Waals surface area contributed by atoms with Crippen LogP contribution in [-0.2, 0) is 6.42 Å². The summed E-state index contributed by atoms with van der Waals surface area (Å²) in [7, 11) is 0. The van der Waals surface area contributed by atoms with Gasteiger partial charge in [-0.25, -0.2) is 18.0 Å². The van der Waals surface area contributed by atoms with E-state index in [2.05, 4.69) is 10.6 Å². The summed E-state index contributed by atoms with van der Waals surface area (Å²) >= 11 is 0. The molecule has 1 atom stereocenters. The predicted octanol–water partition coefficient (Wildman–Crippen LogP) is 3.71. The van der Waals surface area contributed by atoms with Crippen molar-refractivity contribution in [2.75, 3.05) is 6.54 Å². The van der Waals surface area contributed by atoms with Crippen LogP contribution in [0.3, 0.4) is 0 Å². The Balaban J connectivity index is 1.82. The fraction of sp³-hybridized carbons (Fsp3) is 0.235. The van der Waals surface area contributed by atoms with Crippen LogP contribution in [0.5, 0.6) is 0 Å². The lowest BCUT2D eigenvalue weighted by molar-refractivity contribution is 0.238. The normalized spacial score (nSPS) is 11.8. The number of halogens is 3. The quantitative estimate of drug-likeness (QED) is 0.866. The molecule has 0 radical (unpaired) electrons. The molecular weight excluding hydrogens is 305 g/mol. The summed E-state index contributed by atoms with van der Waals surface area (Å²) in [5, 5.41) is 5.21. The molecule has 2 N–H and O–H groups in total. The molecule has 6 heteroatoms. The lowest BCUT2D eigenvalue weighted by Crippen LogP contribution is -2.38. The van der Waals surface area contributed by atoms with Crippen molar-refractivity contribution in [3.8, 4) is 0 Å². The number of benzene rings is 2. The van der Waals surface area contributed by atoms with Gasteiger partial charge in [-0.2, -0.15) is 0 Å². The van der Waals surface area contributed by atoms with E-state index in [0.29, 0.717) is 17.5 Å². The SMILES string of the molecule is CC(NC(=O)NCCc1ccccc1F)c1ccc(F)c(F)c1. The third-order valence-electron chi connectivity index (χ3n) is 3.43. The Morgan fingerprint density at radius 1 is 1.04 bits per heavy atom. The minimum atomic E-state index is -0.962. The molecule has 23 heavy (non-hydrogen) atoms. The van der Waals surface area contributed by atoms with Crippen molar-refractivity contribution < 1.29 is 18.0 Å². The molecule has 0 heterocycles. The summed E-state index contributed by atoms with van der Waals surface area (Å²) in [6.07, 6.45) is 0.361. The number of urea groups is 1. The van der Waals surface area contributed by atoms with Gasteiger partial charge in [-0.15, -0.1) is 0 Å².